The number of hydrogen-bond acceptors (Lipinski definition) is 7. The monoisotopic (exact) mass is 372 g/mol. The molecule has 1 aliphatic carbocycles. The van der Waals surface area contributed by atoms with E-state index in [2.05, 4.69) is 15.2 Å². The van der Waals surface area contributed by atoms with Crippen molar-refractivity contribution in [3.05, 3.63) is 35.8 Å². The maximum absolute atomic E-state index is 13.3. The SMILES string of the molecule is COCc1nnc([C@]23CC[C@H]2CCN3C(=O)c2cncc(OC(C)C)c2)o1. The first kappa shape index (κ1) is 17.9. The summed E-state index contributed by atoms with van der Waals surface area (Å²) in [6.07, 6.45) is 6.04. The lowest BCUT2D eigenvalue weighted by Crippen LogP contribution is -2.54. The molecule has 27 heavy (non-hydrogen) atoms. The maximum atomic E-state index is 13.3. The zero-order valence-corrected chi connectivity index (χ0v) is 15.8. The number of methoxy groups -OCH3 is 1. The van der Waals surface area contributed by atoms with Gasteiger partial charge in [0.1, 0.15) is 17.9 Å². The molecule has 2 atom stereocenters. The van der Waals surface area contributed by atoms with Gasteiger partial charge in [-0.25, -0.2) is 0 Å². The van der Waals surface area contributed by atoms with Crippen LogP contribution in [0.2, 0.25) is 0 Å². The van der Waals surface area contributed by atoms with E-state index >= 15 is 0 Å². The van der Waals surface area contributed by atoms with Crippen LogP contribution in [0, 0.1) is 5.92 Å². The van der Waals surface area contributed by atoms with E-state index < -0.39 is 5.54 Å². The van der Waals surface area contributed by atoms with Gasteiger partial charge in [0.25, 0.3) is 5.91 Å². The number of amides is 1. The van der Waals surface area contributed by atoms with Crippen molar-refractivity contribution >= 4 is 5.91 Å². The van der Waals surface area contributed by atoms with Crippen LogP contribution in [-0.2, 0) is 16.9 Å². The summed E-state index contributed by atoms with van der Waals surface area (Å²) in [5, 5.41) is 8.31. The Balaban J connectivity index is 1.63. The number of aromatic nitrogens is 3. The van der Waals surface area contributed by atoms with Gasteiger partial charge in [-0.05, 0) is 45.1 Å². The topological polar surface area (TPSA) is 90.6 Å². The summed E-state index contributed by atoms with van der Waals surface area (Å²) in [5.74, 6) is 1.81. The van der Waals surface area contributed by atoms with Crippen molar-refractivity contribution in [1.82, 2.24) is 20.1 Å². The van der Waals surface area contributed by atoms with Crippen LogP contribution in [0.1, 0.15) is 55.2 Å². The van der Waals surface area contributed by atoms with Crippen LogP contribution in [-0.4, -0.2) is 45.7 Å². The molecule has 8 nitrogen and oxygen atoms in total. The van der Waals surface area contributed by atoms with Gasteiger partial charge in [0, 0.05) is 19.9 Å². The predicted molar refractivity (Wildman–Crippen MR) is 95.1 cm³/mol. The number of carbonyl (C=O) groups excluding carboxylic acids is 1. The minimum absolute atomic E-state index is 0.0175. The molecule has 2 aromatic rings. The van der Waals surface area contributed by atoms with Gasteiger partial charge >= 0.3 is 0 Å². The van der Waals surface area contributed by atoms with Crippen molar-refractivity contribution in [2.45, 2.75) is 51.4 Å². The van der Waals surface area contributed by atoms with Crippen molar-refractivity contribution < 1.29 is 18.7 Å². The highest BCUT2D eigenvalue weighted by molar-refractivity contribution is 5.95. The average Bonchev–Trinajstić information content (AvgIpc) is 3.17. The van der Waals surface area contributed by atoms with Gasteiger partial charge in [-0.3, -0.25) is 9.78 Å². The second kappa shape index (κ2) is 6.92. The van der Waals surface area contributed by atoms with Gasteiger partial charge in [-0.15, -0.1) is 10.2 Å². The Labute approximate surface area is 157 Å². The van der Waals surface area contributed by atoms with Gasteiger partial charge in [0.15, 0.2) is 0 Å². The molecule has 0 unspecified atom stereocenters. The second-order valence-electron chi connectivity index (χ2n) is 7.42. The first-order valence-corrected chi connectivity index (χ1v) is 9.30. The van der Waals surface area contributed by atoms with Gasteiger partial charge in [-0.1, -0.05) is 0 Å². The molecule has 1 amide bonds. The molecule has 2 aliphatic rings. The van der Waals surface area contributed by atoms with E-state index in [-0.39, 0.29) is 18.6 Å². The summed E-state index contributed by atoms with van der Waals surface area (Å²) < 4.78 is 16.6. The highest BCUT2D eigenvalue weighted by Crippen LogP contribution is 2.56. The van der Waals surface area contributed by atoms with Gasteiger partial charge < -0.3 is 18.8 Å². The molecule has 4 rings (SSSR count). The average molecular weight is 372 g/mol. The number of rotatable bonds is 6. The van der Waals surface area contributed by atoms with Gasteiger partial charge in [0.2, 0.25) is 11.8 Å². The van der Waals surface area contributed by atoms with E-state index in [0.29, 0.717) is 35.6 Å². The Morgan fingerprint density at radius 1 is 1.37 bits per heavy atom. The lowest BCUT2D eigenvalue weighted by atomic mass is 9.67. The Hall–Kier alpha value is -2.48. The maximum Gasteiger partial charge on any atom is 0.256 e. The van der Waals surface area contributed by atoms with Crippen molar-refractivity contribution in [2.24, 2.45) is 5.92 Å². The number of hydrogen-bond donors (Lipinski definition) is 0. The Kier molecular flexibility index (Phi) is 4.59. The van der Waals surface area contributed by atoms with Crippen LogP contribution >= 0.6 is 0 Å². The van der Waals surface area contributed by atoms with Crippen molar-refractivity contribution in [2.75, 3.05) is 13.7 Å². The van der Waals surface area contributed by atoms with E-state index in [1.165, 1.54) is 0 Å². The molecular formula is C19H24N4O4. The highest BCUT2D eigenvalue weighted by atomic mass is 16.5. The van der Waals surface area contributed by atoms with E-state index in [1.807, 2.05) is 18.7 Å². The largest absolute Gasteiger partial charge is 0.489 e. The minimum atomic E-state index is -0.509. The van der Waals surface area contributed by atoms with Gasteiger partial charge in [-0.2, -0.15) is 0 Å². The van der Waals surface area contributed by atoms with Crippen LogP contribution < -0.4 is 4.74 Å². The van der Waals surface area contributed by atoms with E-state index in [0.717, 1.165) is 19.3 Å². The molecule has 1 aliphatic heterocycles. The normalized spacial score (nSPS) is 24.0. The van der Waals surface area contributed by atoms with Crippen molar-refractivity contribution in [3.8, 4) is 5.75 Å². The summed E-state index contributed by atoms with van der Waals surface area (Å²) in [5.41, 5.74) is 0.00189. The highest BCUT2D eigenvalue weighted by Gasteiger charge is 2.61. The molecule has 0 radical (unpaired) electrons. The Morgan fingerprint density at radius 2 is 2.22 bits per heavy atom. The Bertz CT molecular complexity index is 837. The zero-order valence-electron chi connectivity index (χ0n) is 15.8. The summed E-state index contributed by atoms with van der Waals surface area (Å²) in [6, 6.07) is 1.75. The molecule has 8 heteroatoms. The number of likely N-dealkylation sites (tertiary alicyclic amines) is 1. The minimum Gasteiger partial charge on any atom is -0.489 e. The molecule has 0 spiro atoms. The Morgan fingerprint density at radius 3 is 2.93 bits per heavy atom. The number of fused-ring (bicyclic) bond motifs is 1. The standard InChI is InChI=1S/C19H24N4O4/c1-12(2)26-15-8-13(9-20-10-15)17(24)23-7-5-14-4-6-19(14,23)18-22-21-16(27-18)11-25-3/h8-10,12,14H,4-7,11H2,1-3H3/t14-,19-/m0/s1. The van der Waals surface area contributed by atoms with E-state index in [1.54, 1.807) is 25.6 Å². The molecule has 144 valence electrons. The van der Waals surface area contributed by atoms with Crippen LogP contribution in [0.5, 0.6) is 5.75 Å². The van der Waals surface area contributed by atoms with Crippen molar-refractivity contribution in [3.63, 3.8) is 0 Å². The number of ether oxygens (including phenoxy) is 2. The molecule has 1 saturated heterocycles. The molecular weight excluding hydrogens is 348 g/mol. The summed E-state index contributed by atoms with van der Waals surface area (Å²) in [7, 11) is 1.58. The van der Waals surface area contributed by atoms with Crippen molar-refractivity contribution in [1.29, 1.82) is 0 Å². The molecule has 0 bridgehead atoms. The quantitative estimate of drug-likeness (QED) is 0.769. The van der Waals surface area contributed by atoms with Crippen LogP contribution in [0.3, 0.4) is 0 Å². The zero-order chi connectivity index (χ0) is 19.0. The predicted octanol–water partition coefficient (Wildman–Crippen LogP) is 2.55. The molecule has 0 N–H and O–H groups in total. The second-order valence-corrected chi connectivity index (χ2v) is 7.42. The first-order chi connectivity index (χ1) is 13.0. The first-order valence-electron chi connectivity index (χ1n) is 9.30. The smallest absolute Gasteiger partial charge is 0.256 e. The fraction of sp³-hybridized carbons (Fsp3) is 0.579. The number of nitrogens with zero attached hydrogens (tertiary/aromatic N) is 4. The van der Waals surface area contributed by atoms with E-state index in [9.17, 15) is 4.79 Å². The van der Waals surface area contributed by atoms with Crippen LogP contribution in [0.25, 0.3) is 0 Å². The lowest BCUT2D eigenvalue weighted by molar-refractivity contribution is -0.00465. The fourth-order valence-corrected chi connectivity index (χ4v) is 4.16. The molecule has 2 fully saturated rings. The van der Waals surface area contributed by atoms with Gasteiger partial charge in [0.05, 0.1) is 17.9 Å². The molecule has 3 heterocycles. The van der Waals surface area contributed by atoms with Crippen LogP contribution in [0.4, 0.5) is 0 Å². The molecule has 1 saturated carbocycles. The number of carbonyl (C=O) groups is 1. The summed E-state index contributed by atoms with van der Waals surface area (Å²) in [4.78, 5) is 19.4. The summed E-state index contributed by atoms with van der Waals surface area (Å²) in [6.45, 7) is 4.81. The van der Waals surface area contributed by atoms with E-state index in [4.69, 9.17) is 13.9 Å². The number of pyridine rings is 1. The lowest BCUT2D eigenvalue weighted by Gasteiger charge is -2.47. The third kappa shape index (κ3) is 2.97. The third-order valence-electron chi connectivity index (χ3n) is 5.41. The molecule has 2 aromatic heterocycles. The van der Waals surface area contributed by atoms with Crippen LogP contribution in [0.15, 0.2) is 22.9 Å². The summed E-state index contributed by atoms with van der Waals surface area (Å²) >= 11 is 0. The third-order valence-corrected chi connectivity index (χ3v) is 5.41. The fourth-order valence-electron chi connectivity index (χ4n) is 4.16. The molecule has 0 aromatic carbocycles.